The fourth-order valence-corrected chi connectivity index (χ4v) is 3.10. The first-order chi connectivity index (χ1) is 10.1. The van der Waals surface area contributed by atoms with E-state index < -0.39 is 6.04 Å². The third-order valence-electron chi connectivity index (χ3n) is 3.66. The molecule has 112 valence electrons. The number of rotatable bonds is 2. The molecule has 8 nitrogen and oxygen atoms in total. The van der Waals surface area contributed by atoms with Crippen LogP contribution in [0.1, 0.15) is 6.92 Å². The van der Waals surface area contributed by atoms with Gasteiger partial charge in [-0.3, -0.25) is 15.0 Å². The second kappa shape index (κ2) is 5.32. The van der Waals surface area contributed by atoms with E-state index in [0.29, 0.717) is 24.8 Å². The van der Waals surface area contributed by atoms with Crippen LogP contribution >= 0.6 is 11.3 Å². The van der Waals surface area contributed by atoms with Gasteiger partial charge in [-0.1, -0.05) is 0 Å². The molecule has 3 rings (SSSR count). The fraction of sp³-hybridized carbons (Fsp3) is 0.500. The SMILES string of the molecule is CCN1C(=O)C2CN(C(=O)Nc3nccs3)CCN2C1=O. The van der Waals surface area contributed by atoms with Crippen LogP contribution in [0, 0.1) is 0 Å². The molecule has 9 heteroatoms. The Balaban J connectivity index is 1.68. The van der Waals surface area contributed by atoms with Crippen molar-refractivity contribution in [1.82, 2.24) is 19.7 Å². The third kappa shape index (κ3) is 2.33. The molecule has 0 aliphatic carbocycles. The number of likely N-dealkylation sites (N-methyl/N-ethyl adjacent to an activating group) is 1. The Kier molecular flexibility index (Phi) is 3.50. The number of nitrogens with zero attached hydrogens (tertiary/aromatic N) is 4. The van der Waals surface area contributed by atoms with Crippen LogP contribution in [-0.4, -0.2) is 69.9 Å². The Labute approximate surface area is 125 Å². The average Bonchev–Trinajstić information content (AvgIpc) is 3.07. The number of imide groups is 1. The fourth-order valence-electron chi connectivity index (χ4n) is 2.58. The molecule has 2 aliphatic rings. The maximum absolute atomic E-state index is 12.2. The maximum atomic E-state index is 12.2. The minimum absolute atomic E-state index is 0.221. The number of piperazine rings is 1. The molecule has 2 aliphatic heterocycles. The van der Waals surface area contributed by atoms with E-state index in [4.69, 9.17) is 0 Å². The number of carbonyl (C=O) groups is 3. The average molecular weight is 309 g/mol. The summed E-state index contributed by atoms with van der Waals surface area (Å²) in [5.74, 6) is -0.228. The number of carbonyl (C=O) groups excluding carboxylic acids is 3. The Bertz CT molecular complexity index is 575. The van der Waals surface area contributed by atoms with Crippen molar-refractivity contribution in [3.63, 3.8) is 0 Å². The number of anilines is 1. The molecule has 21 heavy (non-hydrogen) atoms. The molecule has 0 radical (unpaired) electrons. The lowest BCUT2D eigenvalue weighted by Gasteiger charge is -2.35. The largest absolute Gasteiger partial charge is 0.327 e. The Hall–Kier alpha value is -2.16. The predicted molar refractivity (Wildman–Crippen MR) is 76.0 cm³/mol. The zero-order valence-corrected chi connectivity index (χ0v) is 12.3. The first-order valence-corrected chi connectivity index (χ1v) is 7.57. The molecule has 1 unspecified atom stereocenters. The highest BCUT2D eigenvalue weighted by molar-refractivity contribution is 7.13. The summed E-state index contributed by atoms with van der Waals surface area (Å²) in [6.07, 6.45) is 1.61. The molecule has 0 aromatic carbocycles. The molecule has 3 heterocycles. The minimum Gasteiger partial charge on any atom is -0.320 e. The molecule has 2 saturated heterocycles. The van der Waals surface area contributed by atoms with E-state index in [1.807, 2.05) is 0 Å². The van der Waals surface area contributed by atoms with Crippen molar-refractivity contribution >= 4 is 34.4 Å². The molecule has 0 bridgehead atoms. The highest BCUT2D eigenvalue weighted by Gasteiger charge is 2.47. The zero-order chi connectivity index (χ0) is 15.0. The number of fused-ring (bicyclic) bond motifs is 1. The number of hydrogen-bond donors (Lipinski definition) is 1. The molecule has 5 amide bonds. The smallest absolute Gasteiger partial charge is 0.320 e. The molecule has 1 aromatic heterocycles. The molecular formula is C12H15N5O3S. The monoisotopic (exact) mass is 309 g/mol. The van der Waals surface area contributed by atoms with Crippen molar-refractivity contribution < 1.29 is 14.4 Å². The Morgan fingerprint density at radius 3 is 2.95 bits per heavy atom. The summed E-state index contributed by atoms with van der Waals surface area (Å²) < 4.78 is 0. The van der Waals surface area contributed by atoms with Gasteiger partial charge in [0.25, 0.3) is 5.91 Å². The standard InChI is InChI=1S/C12H15N5O3S/c1-2-16-9(18)8-7-15(4-5-17(8)12(16)20)11(19)14-10-13-3-6-21-10/h3,6,8H,2,4-5,7H2,1H3,(H,13,14,19). The van der Waals surface area contributed by atoms with Crippen LogP contribution in [-0.2, 0) is 4.79 Å². The Morgan fingerprint density at radius 1 is 1.48 bits per heavy atom. The van der Waals surface area contributed by atoms with Crippen LogP contribution in [0.4, 0.5) is 14.7 Å². The van der Waals surface area contributed by atoms with Crippen molar-refractivity contribution in [2.45, 2.75) is 13.0 Å². The van der Waals surface area contributed by atoms with Gasteiger partial charge in [0.1, 0.15) is 6.04 Å². The number of nitrogens with one attached hydrogen (secondary N) is 1. The molecule has 2 fully saturated rings. The van der Waals surface area contributed by atoms with Gasteiger partial charge in [0.2, 0.25) is 0 Å². The van der Waals surface area contributed by atoms with E-state index in [2.05, 4.69) is 10.3 Å². The second-order valence-corrected chi connectivity index (χ2v) is 5.68. The minimum atomic E-state index is -0.562. The molecule has 0 saturated carbocycles. The van der Waals surface area contributed by atoms with Gasteiger partial charge in [0, 0.05) is 31.2 Å². The van der Waals surface area contributed by atoms with Crippen LogP contribution < -0.4 is 5.32 Å². The molecule has 0 spiro atoms. The van der Waals surface area contributed by atoms with E-state index in [-0.39, 0.29) is 24.5 Å². The van der Waals surface area contributed by atoms with Crippen LogP contribution in [0.3, 0.4) is 0 Å². The summed E-state index contributed by atoms with van der Waals surface area (Å²) in [4.78, 5) is 44.6. The topological polar surface area (TPSA) is 85.8 Å². The van der Waals surface area contributed by atoms with Crippen LogP contribution in [0.5, 0.6) is 0 Å². The van der Waals surface area contributed by atoms with E-state index in [1.54, 1.807) is 28.3 Å². The van der Waals surface area contributed by atoms with E-state index >= 15 is 0 Å². The van der Waals surface area contributed by atoms with Gasteiger partial charge < -0.3 is 9.80 Å². The third-order valence-corrected chi connectivity index (χ3v) is 4.35. The number of thiazole rings is 1. The summed E-state index contributed by atoms with van der Waals surface area (Å²) >= 11 is 1.33. The lowest BCUT2D eigenvalue weighted by molar-refractivity contribution is -0.128. The summed E-state index contributed by atoms with van der Waals surface area (Å²) in [6.45, 7) is 3.12. The quantitative estimate of drug-likeness (QED) is 0.813. The second-order valence-electron chi connectivity index (χ2n) is 4.79. The van der Waals surface area contributed by atoms with Crippen molar-refractivity contribution in [2.75, 3.05) is 31.5 Å². The molecule has 1 N–H and O–H groups in total. The summed E-state index contributed by atoms with van der Waals surface area (Å²) in [7, 11) is 0. The van der Waals surface area contributed by atoms with Gasteiger partial charge in [-0.2, -0.15) is 0 Å². The van der Waals surface area contributed by atoms with E-state index in [9.17, 15) is 14.4 Å². The lowest BCUT2D eigenvalue weighted by Crippen LogP contribution is -2.55. The van der Waals surface area contributed by atoms with Crippen LogP contribution in [0.15, 0.2) is 11.6 Å². The summed E-state index contributed by atoms with van der Waals surface area (Å²) in [5.41, 5.74) is 0. The van der Waals surface area contributed by atoms with Gasteiger partial charge in [0.05, 0.1) is 6.54 Å². The molecule has 1 atom stereocenters. The summed E-state index contributed by atoms with van der Waals surface area (Å²) in [5, 5.41) is 4.98. The summed E-state index contributed by atoms with van der Waals surface area (Å²) in [6, 6.07) is -1.11. The van der Waals surface area contributed by atoms with Crippen molar-refractivity contribution in [1.29, 1.82) is 0 Å². The highest BCUT2D eigenvalue weighted by Crippen LogP contribution is 2.22. The number of aromatic nitrogens is 1. The van der Waals surface area contributed by atoms with Gasteiger partial charge in [-0.05, 0) is 6.92 Å². The molecular weight excluding hydrogens is 294 g/mol. The van der Waals surface area contributed by atoms with Crippen LogP contribution in [0.25, 0.3) is 0 Å². The van der Waals surface area contributed by atoms with Crippen molar-refractivity contribution in [3.05, 3.63) is 11.6 Å². The highest BCUT2D eigenvalue weighted by atomic mass is 32.1. The van der Waals surface area contributed by atoms with Crippen LogP contribution in [0.2, 0.25) is 0 Å². The van der Waals surface area contributed by atoms with Crippen molar-refractivity contribution in [3.8, 4) is 0 Å². The first-order valence-electron chi connectivity index (χ1n) is 6.69. The molecule has 1 aromatic rings. The van der Waals surface area contributed by atoms with Gasteiger partial charge in [0.15, 0.2) is 5.13 Å². The van der Waals surface area contributed by atoms with Gasteiger partial charge >= 0.3 is 12.1 Å². The first kappa shape index (κ1) is 13.8. The van der Waals surface area contributed by atoms with E-state index in [0.717, 1.165) is 0 Å². The number of urea groups is 2. The van der Waals surface area contributed by atoms with E-state index in [1.165, 1.54) is 16.2 Å². The van der Waals surface area contributed by atoms with Gasteiger partial charge in [-0.25, -0.2) is 14.6 Å². The zero-order valence-electron chi connectivity index (χ0n) is 11.5. The number of hydrogen-bond acceptors (Lipinski definition) is 5. The van der Waals surface area contributed by atoms with Gasteiger partial charge in [-0.15, -0.1) is 11.3 Å². The van der Waals surface area contributed by atoms with Crippen molar-refractivity contribution in [2.24, 2.45) is 0 Å². The number of amides is 5. The maximum Gasteiger partial charge on any atom is 0.327 e. The predicted octanol–water partition coefficient (Wildman–Crippen LogP) is 0.643. The lowest BCUT2D eigenvalue weighted by atomic mass is 10.2. The Morgan fingerprint density at radius 2 is 2.29 bits per heavy atom. The normalized spacial score (nSPS) is 21.8.